The number of benzene rings is 2. The van der Waals surface area contributed by atoms with Crippen molar-refractivity contribution in [3.63, 3.8) is 0 Å². The van der Waals surface area contributed by atoms with E-state index < -0.39 is 0 Å². The predicted molar refractivity (Wildman–Crippen MR) is 140 cm³/mol. The number of hydrogen-bond acceptors (Lipinski definition) is 7. The summed E-state index contributed by atoms with van der Waals surface area (Å²) in [5.41, 5.74) is 2.39. The molecule has 2 aromatic heterocycles. The molecule has 0 unspecified atom stereocenters. The van der Waals surface area contributed by atoms with Gasteiger partial charge in [0.15, 0.2) is 5.15 Å². The van der Waals surface area contributed by atoms with Gasteiger partial charge in [-0.3, -0.25) is 14.2 Å². The van der Waals surface area contributed by atoms with Gasteiger partial charge in [0.05, 0.1) is 6.54 Å². The molecule has 36 heavy (non-hydrogen) atoms. The van der Waals surface area contributed by atoms with Gasteiger partial charge in [-0.05, 0) is 54.4 Å². The number of Topliss-reactive ketones (excluding diaryl/α,β-unsaturated/α-hetero) is 1. The van der Waals surface area contributed by atoms with Gasteiger partial charge in [-0.25, -0.2) is 4.98 Å². The van der Waals surface area contributed by atoms with Crippen LogP contribution in [0.15, 0.2) is 65.6 Å². The molecule has 0 atom stereocenters. The Labute approximate surface area is 217 Å². The Bertz CT molecular complexity index is 1440. The van der Waals surface area contributed by atoms with E-state index >= 15 is 0 Å². The maximum Gasteiger partial charge on any atom is 0.258 e. The van der Waals surface area contributed by atoms with Crippen LogP contribution < -0.4 is 15.6 Å². The molecule has 4 aromatic rings. The third-order valence-electron chi connectivity index (χ3n) is 5.39. The van der Waals surface area contributed by atoms with E-state index in [2.05, 4.69) is 20.5 Å². The van der Waals surface area contributed by atoms with Gasteiger partial charge in [0.1, 0.15) is 11.5 Å². The van der Waals surface area contributed by atoms with Crippen molar-refractivity contribution < 1.29 is 9.53 Å². The predicted octanol–water partition coefficient (Wildman–Crippen LogP) is 5.75. The monoisotopic (exact) mass is 523 g/mol. The van der Waals surface area contributed by atoms with Crippen molar-refractivity contribution in [1.29, 1.82) is 0 Å². The summed E-state index contributed by atoms with van der Waals surface area (Å²) in [6.45, 7) is 3.85. The van der Waals surface area contributed by atoms with E-state index in [1.54, 1.807) is 49.4 Å². The Morgan fingerprint density at radius 1 is 1.06 bits per heavy atom. The molecule has 0 aliphatic rings. The van der Waals surface area contributed by atoms with Crippen LogP contribution in [0, 0.1) is 6.92 Å². The fraction of sp³-hybridized carbons (Fsp3) is 0.192. The summed E-state index contributed by atoms with van der Waals surface area (Å²) in [6, 6.07) is 16.0. The molecule has 0 amide bonds. The molecule has 0 saturated carbocycles. The highest BCUT2D eigenvalue weighted by molar-refractivity contribution is 6.30. The van der Waals surface area contributed by atoms with E-state index in [4.69, 9.17) is 27.9 Å². The zero-order chi connectivity index (χ0) is 25.7. The Kier molecular flexibility index (Phi) is 7.97. The summed E-state index contributed by atoms with van der Waals surface area (Å²) in [6.07, 6.45) is 1.85. The van der Waals surface area contributed by atoms with Crippen molar-refractivity contribution in [2.45, 2.75) is 33.2 Å². The van der Waals surface area contributed by atoms with Gasteiger partial charge in [-0.15, -0.1) is 10.2 Å². The lowest BCUT2D eigenvalue weighted by atomic mass is 10.1. The smallest absolute Gasteiger partial charge is 0.258 e. The normalized spacial score (nSPS) is 10.8. The first-order chi connectivity index (χ1) is 17.3. The van der Waals surface area contributed by atoms with E-state index in [0.29, 0.717) is 45.4 Å². The van der Waals surface area contributed by atoms with Crippen LogP contribution in [0.2, 0.25) is 10.2 Å². The molecule has 0 spiro atoms. The molecule has 2 aromatic carbocycles. The van der Waals surface area contributed by atoms with Crippen LogP contribution in [-0.2, 0) is 17.8 Å². The van der Waals surface area contributed by atoms with Crippen molar-refractivity contribution in [3.8, 4) is 11.6 Å². The largest absolute Gasteiger partial charge is 0.438 e. The Morgan fingerprint density at radius 2 is 1.78 bits per heavy atom. The Hall–Kier alpha value is -3.75. The van der Waals surface area contributed by atoms with Crippen molar-refractivity contribution in [1.82, 2.24) is 19.7 Å². The third kappa shape index (κ3) is 6.27. The van der Waals surface area contributed by atoms with E-state index in [9.17, 15) is 9.59 Å². The Balaban J connectivity index is 1.59. The molecule has 0 saturated heterocycles. The topological polar surface area (TPSA) is 99.0 Å². The fourth-order valence-corrected chi connectivity index (χ4v) is 3.58. The van der Waals surface area contributed by atoms with Gasteiger partial charge in [-0.1, -0.05) is 42.3 Å². The molecule has 1 N–H and O–H groups in total. The maximum atomic E-state index is 13.3. The number of carbonyl (C=O) groups is 1. The van der Waals surface area contributed by atoms with Crippen molar-refractivity contribution in [2.75, 3.05) is 5.32 Å². The molecule has 0 radical (unpaired) electrons. The second-order valence-electron chi connectivity index (χ2n) is 8.10. The summed E-state index contributed by atoms with van der Waals surface area (Å²) in [7, 11) is 0. The number of rotatable bonds is 9. The highest BCUT2D eigenvalue weighted by Gasteiger charge is 2.14. The van der Waals surface area contributed by atoms with E-state index in [1.807, 2.05) is 19.1 Å². The average molecular weight is 524 g/mol. The second kappa shape index (κ2) is 11.3. The zero-order valence-corrected chi connectivity index (χ0v) is 21.2. The van der Waals surface area contributed by atoms with E-state index in [-0.39, 0.29) is 24.3 Å². The van der Waals surface area contributed by atoms with Crippen LogP contribution in [0.3, 0.4) is 0 Å². The van der Waals surface area contributed by atoms with E-state index in [0.717, 1.165) is 11.1 Å². The lowest BCUT2D eigenvalue weighted by Crippen LogP contribution is -2.28. The minimum Gasteiger partial charge on any atom is -0.438 e. The molecule has 184 valence electrons. The number of halogens is 2. The number of aryl methyl sites for hydroxylation is 1. The number of ketones is 1. The van der Waals surface area contributed by atoms with Gasteiger partial charge >= 0.3 is 0 Å². The number of carbonyl (C=O) groups excluding carboxylic acids is 1. The minimum absolute atomic E-state index is 0.0242. The first kappa shape index (κ1) is 25.3. The molecule has 2 heterocycles. The van der Waals surface area contributed by atoms with Crippen LogP contribution in [0.4, 0.5) is 11.6 Å². The van der Waals surface area contributed by atoms with Crippen molar-refractivity contribution >= 4 is 40.6 Å². The molecule has 0 fully saturated rings. The van der Waals surface area contributed by atoms with Crippen LogP contribution in [0.1, 0.15) is 30.0 Å². The van der Waals surface area contributed by atoms with Gasteiger partial charge in [0.25, 0.3) is 5.56 Å². The standard InChI is InChI=1S/C26H23Cl2N5O3/c1-3-21(34)13-18-14-29-26(33(25(18)35)15-17-4-6-19(27)7-5-17)30-20-8-10-22(11-9-20)36-23-12-16(2)24(28)32-31-23/h4-12,14H,3,13,15H2,1-2H3,(H,29,30). The third-order valence-corrected chi connectivity index (χ3v) is 6.01. The highest BCUT2D eigenvalue weighted by Crippen LogP contribution is 2.24. The van der Waals surface area contributed by atoms with Gasteiger partial charge in [-0.2, -0.15) is 0 Å². The van der Waals surface area contributed by atoms with Gasteiger partial charge < -0.3 is 10.1 Å². The quantitative estimate of drug-likeness (QED) is 0.298. The Morgan fingerprint density at radius 3 is 2.44 bits per heavy atom. The summed E-state index contributed by atoms with van der Waals surface area (Å²) in [5.74, 6) is 1.20. The van der Waals surface area contributed by atoms with Crippen molar-refractivity contribution in [2.24, 2.45) is 0 Å². The number of aromatic nitrogens is 4. The lowest BCUT2D eigenvalue weighted by Gasteiger charge is -2.15. The van der Waals surface area contributed by atoms with Gasteiger partial charge in [0, 0.05) is 41.4 Å². The lowest BCUT2D eigenvalue weighted by molar-refractivity contribution is -0.118. The number of ether oxygens (including phenoxy) is 1. The molecule has 8 nitrogen and oxygen atoms in total. The summed E-state index contributed by atoms with van der Waals surface area (Å²) in [4.78, 5) is 29.7. The first-order valence-corrected chi connectivity index (χ1v) is 12.0. The molecule has 4 rings (SSSR count). The number of hydrogen-bond donors (Lipinski definition) is 1. The van der Waals surface area contributed by atoms with Crippen LogP contribution in [0.25, 0.3) is 0 Å². The first-order valence-electron chi connectivity index (χ1n) is 11.2. The van der Waals surface area contributed by atoms with Crippen molar-refractivity contribution in [3.05, 3.63) is 98.0 Å². The number of anilines is 2. The molecular formula is C26H23Cl2N5O3. The van der Waals surface area contributed by atoms with Gasteiger partial charge in [0.2, 0.25) is 11.8 Å². The van der Waals surface area contributed by atoms with Crippen LogP contribution in [0.5, 0.6) is 11.6 Å². The summed E-state index contributed by atoms with van der Waals surface area (Å²) >= 11 is 11.9. The molecular weight excluding hydrogens is 501 g/mol. The second-order valence-corrected chi connectivity index (χ2v) is 8.90. The summed E-state index contributed by atoms with van der Waals surface area (Å²) < 4.78 is 7.25. The SMILES string of the molecule is CCC(=O)Cc1cnc(Nc2ccc(Oc3cc(C)c(Cl)nn3)cc2)n(Cc2ccc(Cl)cc2)c1=O. The average Bonchev–Trinajstić information content (AvgIpc) is 2.87. The molecule has 0 aliphatic carbocycles. The van der Waals surface area contributed by atoms with E-state index in [1.165, 1.54) is 10.8 Å². The zero-order valence-electron chi connectivity index (χ0n) is 19.7. The van der Waals surface area contributed by atoms with Crippen LogP contribution in [-0.4, -0.2) is 25.5 Å². The van der Waals surface area contributed by atoms with Crippen LogP contribution >= 0.6 is 23.2 Å². The maximum absolute atomic E-state index is 13.3. The molecule has 0 aliphatic heterocycles. The fourth-order valence-electron chi connectivity index (χ4n) is 3.36. The molecule has 10 heteroatoms. The number of nitrogens with one attached hydrogen (secondary N) is 1. The highest BCUT2D eigenvalue weighted by atomic mass is 35.5. The number of nitrogens with zero attached hydrogens (tertiary/aromatic N) is 4. The minimum atomic E-state index is -0.277. The summed E-state index contributed by atoms with van der Waals surface area (Å²) in [5, 5.41) is 11.9. The molecule has 0 bridgehead atoms.